The second kappa shape index (κ2) is 6.71. The molecule has 0 radical (unpaired) electrons. The van der Waals surface area contributed by atoms with Crippen LogP contribution in [0.5, 0.6) is 0 Å². The maximum Gasteiger partial charge on any atom is 0.261 e. The zero-order valence-electron chi connectivity index (χ0n) is 11.6. The second-order valence-corrected chi connectivity index (χ2v) is 5.98. The fourth-order valence-electron chi connectivity index (χ4n) is 2.34. The van der Waals surface area contributed by atoms with E-state index in [0.29, 0.717) is 6.04 Å². The summed E-state index contributed by atoms with van der Waals surface area (Å²) in [6.45, 7) is 4.32. The topological polar surface area (TPSA) is 29.1 Å². The Bertz CT molecular complexity index is 507. The molecule has 1 heterocycles. The van der Waals surface area contributed by atoms with Gasteiger partial charge in [-0.25, -0.2) is 0 Å². The highest BCUT2D eigenvalue weighted by molar-refractivity contribution is 7.20. The summed E-state index contributed by atoms with van der Waals surface area (Å²) in [5.74, 6) is 0.0769. The molecule has 0 aliphatic rings. The van der Waals surface area contributed by atoms with Gasteiger partial charge in [-0.2, -0.15) is 0 Å². The van der Waals surface area contributed by atoms with Gasteiger partial charge in [0.2, 0.25) is 0 Å². The van der Waals surface area contributed by atoms with Crippen LogP contribution in [0.15, 0.2) is 30.3 Å². The van der Waals surface area contributed by atoms with Crippen LogP contribution in [0, 0.1) is 0 Å². The molecular formula is C16H21NOS. The smallest absolute Gasteiger partial charge is 0.261 e. The van der Waals surface area contributed by atoms with Crippen LogP contribution in [0.2, 0.25) is 0 Å². The van der Waals surface area contributed by atoms with Crippen molar-refractivity contribution in [2.24, 2.45) is 0 Å². The molecule has 3 heteroatoms. The number of nitrogens with one attached hydrogen (secondary N) is 1. The fourth-order valence-corrected chi connectivity index (χ4v) is 3.30. The lowest BCUT2D eigenvalue weighted by Gasteiger charge is -2.16. The summed E-state index contributed by atoms with van der Waals surface area (Å²) in [5, 5.41) is 4.32. The Kier molecular flexibility index (Phi) is 4.97. The first kappa shape index (κ1) is 14.1. The predicted molar refractivity (Wildman–Crippen MR) is 82.9 cm³/mol. The number of carbonyl (C=O) groups excluding carboxylic acids is 1. The van der Waals surface area contributed by atoms with Crippen molar-refractivity contribution in [1.82, 2.24) is 5.32 Å². The monoisotopic (exact) mass is 275 g/mol. The van der Waals surface area contributed by atoms with Crippen LogP contribution in [0.25, 0.3) is 10.1 Å². The van der Waals surface area contributed by atoms with Gasteiger partial charge in [0.15, 0.2) is 0 Å². The Balaban J connectivity index is 2.09. The van der Waals surface area contributed by atoms with E-state index in [4.69, 9.17) is 0 Å². The molecule has 0 aliphatic heterocycles. The van der Waals surface area contributed by atoms with Gasteiger partial charge in [-0.05, 0) is 30.4 Å². The first-order valence-electron chi connectivity index (χ1n) is 7.04. The Morgan fingerprint density at radius 2 is 1.89 bits per heavy atom. The summed E-state index contributed by atoms with van der Waals surface area (Å²) in [7, 11) is 0. The normalized spacial score (nSPS) is 11.1. The van der Waals surface area contributed by atoms with Crippen molar-refractivity contribution in [2.45, 2.75) is 45.6 Å². The lowest BCUT2D eigenvalue weighted by Crippen LogP contribution is -2.34. The van der Waals surface area contributed by atoms with Crippen LogP contribution in [0.3, 0.4) is 0 Å². The minimum Gasteiger partial charge on any atom is -0.349 e. The molecule has 0 atom stereocenters. The van der Waals surface area contributed by atoms with Crippen molar-refractivity contribution in [2.75, 3.05) is 0 Å². The first-order chi connectivity index (χ1) is 9.24. The van der Waals surface area contributed by atoms with Crippen molar-refractivity contribution in [1.29, 1.82) is 0 Å². The molecule has 1 amide bonds. The molecule has 0 bridgehead atoms. The van der Waals surface area contributed by atoms with Crippen molar-refractivity contribution in [3.63, 3.8) is 0 Å². The number of thiophene rings is 1. The van der Waals surface area contributed by atoms with E-state index in [9.17, 15) is 4.79 Å². The predicted octanol–water partition coefficient (Wildman–Crippen LogP) is 4.60. The molecule has 0 saturated carbocycles. The number of carbonyl (C=O) groups is 1. The van der Waals surface area contributed by atoms with Gasteiger partial charge in [0.25, 0.3) is 5.91 Å². The van der Waals surface area contributed by atoms with Gasteiger partial charge in [-0.3, -0.25) is 4.79 Å². The molecule has 1 aromatic carbocycles. The summed E-state index contributed by atoms with van der Waals surface area (Å²) < 4.78 is 1.18. The zero-order valence-corrected chi connectivity index (χ0v) is 12.4. The molecule has 2 rings (SSSR count). The number of amides is 1. The third-order valence-corrected chi connectivity index (χ3v) is 4.37. The third-order valence-electron chi connectivity index (χ3n) is 3.26. The average Bonchev–Trinajstić information content (AvgIpc) is 2.83. The lowest BCUT2D eigenvalue weighted by molar-refractivity contribution is 0.0937. The van der Waals surface area contributed by atoms with E-state index in [1.807, 2.05) is 18.2 Å². The highest BCUT2D eigenvalue weighted by atomic mass is 32.1. The van der Waals surface area contributed by atoms with Gasteiger partial charge in [0.05, 0.1) is 4.88 Å². The van der Waals surface area contributed by atoms with E-state index in [1.54, 1.807) is 11.3 Å². The van der Waals surface area contributed by atoms with Gasteiger partial charge in [-0.1, -0.05) is 44.9 Å². The van der Waals surface area contributed by atoms with Gasteiger partial charge in [0.1, 0.15) is 0 Å². The van der Waals surface area contributed by atoms with Gasteiger partial charge < -0.3 is 5.32 Å². The summed E-state index contributed by atoms with van der Waals surface area (Å²) >= 11 is 1.57. The van der Waals surface area contributed by atoms with E-state index in [2.05, 4.69) is 31.3 Å². The van der Waals surface area contributed by atoms with Crippen LogP contribution in [0.4, 0.5) is 0 Å². The molecule has 19 heavy (non-hydrogen) atoms. The van der Waals surface area contributed by atoms with E-state index in [0.717, 1.165) is 35.9 Å². The Morgan fingerprint density at radius 3 is 2.53 bits per heavy atom. The van der Waals surface area contributed by atoms with Gasteiger partial charge in [-0.15, -0.1) is 11.3 Å². The van der Waals surface area contributed by atoms with Crippen LogP contribution in [-0.2, 0) is 0 Å². The second-order valence-electron chi connectivity index (χ2n) is 4.90. The van der Waals surface area contributed by atoms with Crippen molar-refractivity contribution >= 4 is 27.3 Å². The largest absolute Gasteiger partial charge is 0.349 e. The van der Waals surface area contributed by atoms with E-state index >= 15 is 0 Å². The number of hydrogen-bond acceptors (Lipinski definition) is 2. The van der Waals surface area contributed by atoms with Crippen LogP contribution < -0.4 is 5.32 Å². The van der Waals surface area contributed by atoms with Gasteiger partial charge >= 0.3 is 0 Å². The summed E-state index contributed by atoms with van der Waals surface area (Å²) in [6, 6.07) is 10.4. The molecule has 0 spiro atoms. The van der Waals surface area contributed by atoms with Crippen molar-refractivity contribution in [3.8, 4) is 0 Å². The molecule has 2 nitrogen and oxygen atoms in total. The summed E-state index contributed by atoms with van der Waals surface area (Å²) in [4.78, 5) is 13.1. The maximum atomic E-state index is 12.3. The molecule has 2 aromatic rings. The fraction of sp³-hybridized carbons (Fsp3) is 0.438. The summed E-state index contributed by atoms with van der Waals surface area (Å²) in [5.41, 5.74) is 0. The number of rotatable bonds is 6. The van der Waals surface area contributed by atoms with E-state index in [1.165, 1.54) is 4.70 Å². The number of hydrogen-bond donors (Lipinski definition) is 1. The highest BCUT2D eigenvalue weighted by Gasteiger charge is 2.14. The molecule has 0 saturated heterocycles. The molecule has 1 aromatic heterocycles. The molecular weight excluding hydrogens is 254 g/mol. The average molecular weight is 275 g/mol. The molecule has 102 valence electrons. The minimum absolute atomic E-state index is 0.0769. The van der Waals surface area contributed by atoms with Crippen LogP contribution >= 0.6 is 11.3 Å². The zero-order chi connectivity index (χ0) is 13.7. The van der Waals surface area contributed by atoms with E-state index < -0.39 is 0 Å². The Morgan fingerprint density at radius 1 is 1.21 bits per heavy atom. The first-order valence-corrected chi connectivity index (χ1v) is 7.85. The number of benzene rings is 1. The Hall–Kier alpha value is -1.35. The standard InChI is InChI=1S/C16H21NOS/c1-3-7-13(8-4-2)17-16(18)15-11-12-9-5-6-10-14(12)19-15/h5-6,9-11,13H,3-4,7-8H2,1-2H3,(H,17,18). The maximum absolute atomic E-state index is 12.3. The quantitative estimate of drug-likeness (QED) is 0.820. The van der Waals surface area contributed by atoms with Crippen LogP contribution in [0.1, 0.15) is 49.2 Å². The third kappa shape index (κ3) is 3.57. The number of fused-ring (bicyclic) bond motifs is 1. The highest BCUT2D eigenvalue weighted by Crippen LogP contribution is 2.25. The molecule has 0 unspecified atom stereocenters. The summed E-state index contributed by atoms with van der Waals surface area (Å²) in [6.07, 6.45) is 4.34. The molecule has 0 aliphatic carbocycles. The molecule has 0 fully saturated rings. The minimum atomic E-state index is 0.0769. The van der Waals surface area contributed by atoms with Crippen LogP contribution in [-0.4, -0.2) is 11.9 Å². The Labute approximate surface area is 118 Å². The van der Waals surface area contributed by atoms with E-state index in [-0.39, 0.29) is 5.91 Å². The lowest BCUT2D eigenvalue weighted by atomic mass is 10.1. The van der Waals surface area contributed by atoms with Crippen molar-refractivity contribution < 1.29 is 4.79 Å². The van der Waals surface area contributed by atoms with Gasteiger partial charge in [0, 0.05) is 10.7 Å². The SMILES string of the molecule is CCCC(CCC)NC(=O)c1cc2ccccc2s1. The van der Waals surface area contributed by atoms with Crippen molar-refractivity contribution in [3.05, 3.63) is 35.2 Å². The molecule has 1 N–H and O–H groups in total.